The highest BCUT2D eigenvalue weighted by Crippen LogP contribution is 2.36. The van der Waals surface area contributed by atoms with Crippen LogP contribution in [0.25, 0.3) is 0 Å². The standard InChI is InChI=1S/C19H30N2O3/c1-5-7-19(13-22)8-6-9-21(12-19)11-14-10-15(17(20)23)24-16(14)18(2,3)4/h5,10,22H,1,6-9,11-13H2,2-4H3,(H2,20,23)/t19-/m0/s1. The Balaban J connectivity index is 2.23. The van der Waals surface area contributed by atoms with Crippen molar-refractivity contribution in [2.45, 2.75) is 52.0 Å². The molecular weight excluding hydrogens is 304 g/mol. The molecule has 24 heavy (non-hydrogen) atoms. The Morgan fingerprint density at radius 3 is 2.79 bits per heavy atom. The number of amides is 1. The second kappa shape index (κ2) is 7.11. The zero-order valence-electron chi connectivity index (χ0n) is 15.1. The third-order valence-electron chi connectivity index (χ3n) is 4.78. The molecule has 0 spiro atoms. The van der Waals surface area contributed by atoms with Crippen LogP contribution in [0, 0.1) is 5.41 Å². The van der Waals surface area contributed by atoms with Gasteiger partial charge >= 0.3 is 0 Å². The first kappa shape index (κ1) is 18.7. The van der Waals surface area contributed by atoms with Gasteiger partial charge in [0.25, 0.3) is 5.91 Å². The molecule has 1 aromatic heterocycles. The number of nitrogens with zero attached hydrogens (tertiary/aromatic N) is 1. The summed E-state index contributed by atoms with van der Waals surface area (Å²) in [7, 11) is 0. The summed E-state index contributed by atoms with van der Waals surface area (Å²) >= 11 is 0. The minimum absolute atomic E-state index is 0.113. The molecule has 1 aromatic rings. The maximum absolute atomic E-state index is 11.5. The fraction of sp³-hybridized carbons (Fsp3) is 0.632. The number of likely N-dealkylation sites (tertiary alicyclic amines) is 1. The molecule has 1 saturated heterocycles. The van der Waals surface area contributed by atoms with E-state index in [0.29, 0.717) is 6.54 Å². The molecule has 0 bridgehead atoms. The summed E-state index contributed by atoms with van der Waals surface area (Å²) < 4.78 is 5.74. The van der Waals surface area contributed by atoms with Gasteiger partial charge in [-0.15, -0.1) is 6.58 Å². The van der Waals surface area contributed by atoms with Crippen molar-refractivity contribution < 1.29 is 14.3 Å². The number of carbonyl (C=O) groups excluding carboxylic acids is 1. The number of nitrogens with two attached hydrogens (primary N) is 1. The summed E-state index contributed by atoms with van der Waals surface area (Å²) in [5.74, 6) is 0.480. The molecule has 3 N–H and O–H groups in total. The number of aliphatic hydroxyl groups is 1. The van der Waals surface area contributed by atoms with Gasteiger partial charge in [-0.2, -0.15) is 0 Å². The highest BCUT2D eigenvalue weighted by atomic mass is 16.4. The lowest BCUT2D eigenvalue weighted by Crippen LogP contribution is -2.44. The number of furan rings is 1. The van der Waals surface area contributed by atoms with Gasteiger partial charge in [-0.25, -0.2) is 0 Å². The monoisotopic (exact) mass is 334 g/mol. The van der Waals surface area contributed by atoms with Crippen molar-refractivity contribution >= 4 is 5.91 Å². The molecule has 1 aliphatic heterocycles. The average molecular weight is 334 g/mol. The van der Waals surface area contributed by atoms with Crippen LogP contribution in [0.3, 0.4) is 0 Å². The predicted octanol–water partition coefficient (Wildman–Crippen LogP) is 2.83. The molecular formula is C19H30N2O3. The number of primary amides is 1. The first-order chi connectivity index (χ1) is 11.2. The van der Waals surface area contributed by atoms with Crippen LogP contribution in [-0.4, -0.2) is 35.6 Å². The zero-order valence-corrected chi connectivity index (χ0v) is 15.1. The topological polar surface area (TPSA) is 79.7 Å². The summed E-state index contributed by atoms with van der Waals surface area (Å²) in [6, 6.07) is 1.77. The maximum Gasteiger partial charge on any atom is 0.284 e. The lowest BCUT2D eigenvalue weighted by atomic mass is 9.77. The van der Waals surface area contributed by atoms with Crippen LogP contribution in [-0.2, 0) is 12.0 Å². The second-order valence-corrected chi connectivity index (χ2v) is 8.04. The third kappa shape index (κ3) is 4.08. The molecule has 5 heteroatoms. The van der Waals surface area contributed by atoms with Crippen LogP contribution in [0.5, 0.6) is 0 Å². The van der Waals surface area contributed by atoms with Gasteiger partial charge in [0.2, 0.25) is 0 Å². The van der Waals surface area contributed by atoms with E-state index in [1.165, 1.54) is 0 Å². The van der Waals surface area contributed by atoms with Crippen molar-refractivity contribution in [3.8, 4) is 0 Å². The van der Waals surface area contributed by atoms with Gasteiger partial charge in [0.1, 0.15) is 5.76 Å². The summed E-state index contributed by atoms with van der Waals surface area (Å²) in [5.41, 5.74) is 6.08. The Kier molecular flexibility index (Phi) is 5.56. The molecule has 5 nitrogen and oxygen atoms in total. The minimum atomic E-state index is -0.540. The summed E-state index contributed by atoms with van der Waals surface area (Å²) in [5, 5.41) is 9.86. The fourth-order valence-electron chi connectivity index (χ4n) is 3.65. The Labute approximate surface area is 144 Å². The summed E-state index contributed by atoms with van der Waals surface area (Å²) in [6.07, 6.45) is 4.75. The van der Waals surface area contributed by atoms with E-state index in [-0.39, 0.29) is 23.2 Å². The number of hydrogen-bond donors (Lipinski definition) is 2. The quantitative estimate of drug-likeness (QED) is 0.784. The normalized spacial score (nSPS) is 22.5. The lowest BCUT2D eigenvalue weighted by molar-refractivity contribution is 0.0305. The van der Waals surface area contributed by atoms with Crippen LogP contribution in [0.15, 0.2) is 23.1 Å². The molecule has 134 valence electrons. The van der Waals surface area contributed by atoms with E-state index < -0.39 is 5.91 Å². The number of aliphatic hydroxyl groups excluding tert-OH is 1. The SMILES string of the molecule is C=CC[C@]1(CO)CCCN(Cc2cc(C(N)=O)oc2C(C)(C)C)C1. The molecule has 0 radical (unpaired) electrons. The molecule has 1 aliphatic rings. The van der Waals surface area contributed by atoms with E-state index in [1.807, 2.05) is 6.08 Å². The molecule has 2 heterocycles. The number of hydrogen-bond acceptors (Lipinski definition) is 4. The minimum Gasteiger partial charge on any atom is -0.455 e. The zero-order chi connectivity index (χ0) is 18.0. The van der Waals surface area contributed by atoms with Gasteiger partial charge in [-0.1, -0.05) is 26.8 Å². The van der Waals surface area contributed by atoms with E-state index >= 15 is 0 Å². The van der Waals surface area contributed by atoms with Gasteiger partial charge in [0.05, 0.1) is 6.61 Å². The van der Waals surface area contributed by atoms with Crippen molar-refractivity contribution in [1.29, 1.82) is 0 Å². The van der Waals surface area contributed by atoms with Crippen LogP contribution in [0.2, 0.25) is 0 Å². The van der Waals surface area contributed by atoms with E-state index in [0.717, 1.165) is 43.7 Å². The second-order valence-electron chi connectivity index (χ2n) is 8.04. The fourth-order valence-corrected chi connectivity index (χ4v) is 3.65. The van der Waals surface area contributed by atoms with Crippen molar-refractivity contribution in [1.82, 2.24) is 4.90 Å². The van der Waals surface area contributed by atoms with Crippen molar-refractivity contribution in [3.63, 3.8) is 0 Å². The number of allylic oxidation sites excluding steroid dienone is 1. The van der Waals surface area contributed by atoms with E-state index in [9.17, 15) is 9.90 Å². The lowest BCUT2D eigenvalue weighted by Gasteiger charge is -2.41. The van der Waals surface area contributed by atoms with Gasteiger partial charge in [-0.3, -0.25) is 9.69 Å². The van der Waals surface area contributed by atoms with Gasteiger partial charge in [-0.05, 0) is 31.9 Å². The Morgan fingerprint density at radius 2 is 2.25 bits per heavy atom. The van der Waals surface area contributed by atoms with E-state index in [4.69, 9.17) is 10.2 Å². The number of carbonyl (C=O) groups is 1. The molecule has 0 aromatic carbocycles. The molecule has 0 aliphatic carbocycles. The van der Waals surface area contributed by atoms with Crippen LogP contribution >= 0.6 is 0 Å². The number of rotatable bonds is 6. The molecule has 1 atom stereocenters. The smallest absolute Gasteiger partial charge is 0.284 e. The third-order valence-corrected chi connectivity index (χ3v) is 4.78. The van der Waals surface area contributed by atoms with Crippen LogP contribution in [0.4, 0.5) is 0 Å². The first-order valence-electron chi connectivity index (χ1n) is 8.58. The molecule has 1 fully saturated rings. The van der Waals surface area contributed by atoms with Crippen molar-refractivity contribution in [2.75, 3.05) is 19.7 Å². The molecule has 0 unspecified atom stereocenters. The van der Waals surface area contributed by atoms with Gasteiger partial charge < -0.3 is 15.3 Å². The molecule has 1 amide bonds. The van der Waals surface area contributed by atoms with Crippen molar-refractivity contribution in [2.24, 2.45) is 11.1 Å². The van der Waals surface area contributed by atoms with Gasteiger partial charge in [0, 0.05) is 29.5 Å². The summed E-state index contributed by atoms with van der Waals surface area (Å²) in [4.78, 5) is 13.8. The first-order valence-corrected chi connectivity index (χ1v) is 8.58. The Bertz CT molecular complexity index is 600. The maximum atomic E-state index is 11.5. The van der Waals surface area contributed by atoms with Crippen molar-refractivity contribution in [3.05, 3.63) is 35.8 Å². The summed E-state index contributed by atoms with van der Waals surface area (Å²) in [6.45, 7) is 12.7. The van der Waals surface area contributed by atoms with E-state index in [1.54, 1.807) is 6.07 Å². The largest absolute Gasteiger partial charge is 0.455 e. The number of piperidine rings is 1. The average Bonchev–Trinajstić information content (AvgIpc) is 2.92. The highest BCUT2D eigenvalue weighted by Gasteiger charge is 2.35. The van der Waals surface area contributed by atoms with Crippen LogP contribution in [0.1, 0.15) is 61.9 Å². The van der Waals surface area contributed by atoms with E-state index in [2.05, 4.69) is 32.3 Å². The molecule has 0 saturated carbocycles. The predicted molar refractivity (Wildman–Crippen MR) is 94.8 cm³/mol. The Morgan fingerprint density at radius 1 is 1.54 bits per heavy atom. The highest BCUT2D eigenvalue weighted by molar-refractivity contribution is 5.90. The van der Waals surface area contributed by atoms with Gasteiger partial charge in [0.15, 0.2) is 5.76 Å². The Hall–Kier alpha value is -1.59. The molecule has 2 rings (SSSR count). The van der Waals surface area contributed by atoms with Crippen LogP contribution < -0.4 is 5.73 Å².